The van der Waals surface area contributed by atoms with Crippen molar-refractivity contribution in [2.45, 2.75) is 33.9 Å². The number of rotatable bonds is 7. The van der Waals surface area contributed by atoms with Gasteiger partial charge in [-0.05, 0) is 30.5 Å². The molecule has 4 nitrogen and oxygen atoms in total. The Morgan fingerprint density at radius 2 is 2.00 bits per heavy atom. The lowest BCUT2D eigenvalue weighted by atomic mass is 10.1. The number of hydrogen-bond donors (Lipinski definition) is 1. The van der Waals surface area contributed by atoms with Crippen LogP contribution < -0.4 is 10.1 Å². The van der Waals surface area contributed by atoms with Gasteiger partial charge in [-0.1, -0.05) is 38.1 Å². The molecule has 2 rings (SSSR count). The average Bonchev–Trinajstić information content (AvgIpc) is 2.75. The molecule has 0 saturated heterocycles. The first kappa shape index (κ1) is 15.6. The molecule has 1 N–H and O–H groups in total. The molecule has 0 aliphatic carbocycles. The van der Waals surface area contributed by atoms with Crippen LogP contribution in [-0.2, 0) is 20.2 Å². The first-order valence-corrected chi connectivity index (χ1v) is 7.46. The highest BCUT2D eigenvalue weighted by atomic mass is 16.5. The Morgan fingerprint density at radius 1 is 1.24 bits per heavy atom. The SMILES string of the molecule is Cc1cc(OCc2cccc(CNCC(C)C)c2)n(C)n1. The summed E-state index contributed by atoms with van der Waals surface area (Å²) in [5.74, 6) is 1.47. The third-order valence-corrected chi connectivity index (χ3v) is 3.22. The maximum atomic E-state index is 5.82. The van der Waals surface area contributed by atoms with Crippen molar-refractivity contribution in [1.29, 1.82) is 0 Å². The van der Waals surface area contributed by atoms with Gasteiger partial charge in [0.25, 0.3) is 0 Å². The van der Waals surface area contributed by atoms with Crippen molar-refractivity contribution in [2.75, 3.05) is 6.54 Å². The standard InChI is InChI=1S/C17H25N3O/c1-13(2)10-18-11-15-6-5-7-16(9-15)12-21-17-8-14(3)19-20(17)4/h5-9,13,18H,10-12H2,1-4H3. The summed E-state index contributed by atoms with van der Waals surface area (Å²) in [6, 6.07) is 10.5. The summed E-state index contributed by atoms with van der Waals surface area (Å²) in [7, 11) is 1.90. The first-order chi connectivity index (χ1) is 10.0. The third kappa shape index (κ3) is 4.90. The van der Waals surface area contributed by atoms with Crippen LogP contribution in [0.1, 0.15) is 30.7 Å². The highest BCUT2D eigenvalue weighted by molar-refractivity contribution is 5.24. The molecule has 0 saturated carbocycles. The molecule has 0 radical (unpaired) electrons. The number of nitrogens with one attached hydrogen (secondary N) is 1. The van der Waals surface area contributed by atoms with E-state index < -0.39 is 0 Å². The molecule has 1 heterocycles. The van der Waals surface area contributed by atoms with Gasteiger partial charge in [0.2, 0.25) is 5.88 Å². The summed E-state index contributed by atoms with van der Waals surface area (Å²) in [5, 5.41) is 7.74. The van der Waals surface area contributed by atoms with E-state index in [-0.39, 0.29) is 0 Å². The predicted molar refractivity (Wildman–Crippen MR) is 85.3 cm³/mol. The number of aryl methyl sites for hydroxylation is 2. The largest absolute Gasteiger partial charge is 0.473 e. The van der Waals surface area contributed by atoms with Crippen molar-refractivity contribution in [3.05, 3.63) is 47.2 Å². The number of aromatic nitrogens is 2. The Hall–Kier alpha value is -1.81. The molecule has 114 valence electrons. The lowest BCUT2D eigenvalue weighted by Gasteiger charge is -2.10. The normalized spacial score (nSPS) is 11.1. The van der Waals surface area contributed by atoms with Crippen LogP contribution in [0.5, 0.6) is 5.88 Å². The molecule has 0 unspecified atom stereocenters. The fourth-order valence-electron chi connectivity index (χ4n) is 2.21. The number of nitrogens with zero attached hydrogens (tertiary/aromatic N) is 2. The van der Waals surface area contributed by atoms with Crippen LogP contribution in [0.3, 0.4) is 0 Å². The zero-order valence-electron chi connectivity index (χ0n) is 13.4. The smallest absolute Gasteiger partial charge is 0.212 e. The van der Waals surface area contributed by atoms with Gasteiger partial charge in [0.1, 0.15) is 6.61 Å². The van der Waals surface area contributed by atoms with Gasteiger partial charge in [-0.3, -0.25) is 0 Å². The van der Waals surface area contributed by atoms with Gasteiger partial charge in [0, 0.05) is 19.7 Å². The van der Waals surface area contributed by atoms with E-state index >= 15 is 0 Å². The maximum absolute atomic E-state index is 5.82. The van der Waals surface area contributed by atoms with Crippen LogP contribution >= 0.6 is 0 Å². The molecule has 1 aromatic carbocycles. The van der Waals surface area contributed by atoms with Crippen molar-refractivity contribution in [1.82, 2.24) is 15.1 Å². The lowest BCUT2D eigenvalue weighted by Crippen LogP contribution is -2.19. The zero-order chi connectivity index (χ0) is 15.2. The van der Waals surface area contributed by atoms with E-state index in [1.807, 2.05) is 20.0 Å². The molecule has 21 heavy (non-hydrogen) atoms. The maximum Gasteiger partial charge on any atom is 0.212 e. The van der Waals surface area contributed by atoms with Crippen molar-refractivity contribution in [3.8, 4) is 5.88 Å². The van der Waals surface area contributed by atoms with Crippen LogP contribution in [0, 0.1) is 12.8 Å². The quantitative estimate of drug-likeness (QED) is 0.850. The number of benzene rings is 1. The Balaban J connectivity index is 1.90. The van der Waals surface area contributed by atoms with Gasteiger partial charge in [0.15, 0.2) is 0 Å². The van der Waals surface area contributed by atoms with Gasteiger partial charge < -0.3 is 10.1 Å². The summed E-state index contributed by atoms with van der Waals surface area (Å²) >= 11 is 0. The van der Waals surface area contributed by atoms with Crippen LogP contribution in [0.2, 0.25) is 0 Å². The van der Waals surface area contributed by atoms with Crippen molar-refractivity contribution >= 4 is 0 Å². The topological polar surface area (TPSA) is 39.1 Å². The Kier molecular flexibility index (Phi) is 5.39. The molecular weight excluding hydrogens is 262 g/mol. The van der Waals surface area contributed by atoms with E-state index in [1.54, 1.807) is 4.68 Å². The van der Waals surface area contributed by atoms with E-state index in [0.717, 1.165) is 24.7 Å². The molecule has 0 aliphatic heterocycles. The Morgan fingerprint density at radius 3 is 2.67 bits per heavy atom. The van der Waals surface area contributed by atoms with Crippen LogP contribution in [0.15, 0.2) is 30.3 Å². The summed E-state index contributed by atoms with van der Waals surface area (Å²) in [6.45, 7) is 8.90. The molecular formula is C17H25N3O. The minimum absolute atomic E-state index is 0.566. The van der Waals surface area contributed by atoms with E-state index in [4.69, 9.17) is 4.74 Å². The molecule has 1 aromatic heterocycles. The predicted octanol–water partition coefficient (Wildman–Crippen LogP) is 3.05. The van der Waals surface area contributed by atoms with E-state index in [2.05, 4.69) is 48.5 Å². The second-order valence-electron chi connectivity index (χ2n) is 5.88. The highest BCUT2D eigenvalue weighted by Gasteiger charge is 2.04. The van der Waals surface area contributed by atoms with Gasteiger partial charge in [-0.15, -0.1) is 0 Å². The van der Waals surface area contributed by atoms with Crippen LogP contribution in [-0.4, -0.2) is 16.3 Å². The van der Waals surface area contributed by atoms with Crippen LogP contribution in [0.25, 0.3) is 0 Å². The molecule has 0 atom stereocenters. The Bertz CT molecular complexity index is 575. The fraction of sp³-hybridized carbons (Fsp3) is 0.471. The van der Waals surface area contributed by atoms with Gasteiger partial charge >= 0.3 is 0 Å². The molecule has 0 fully saturated rings. The highest BCUT2D eigenvalue weighted by Crippen LogP contribution is 2.14. The first-order valence-electron chi connectivity index (χ1n) is 7.46. The zero-order valence-corrected chi connectivity index (χ0v) is 13.4. The molecule has 0 aliphatic rings. The summed E-state index contributed by atoms with van der Waals surface area (Å²) in [4.78, 5) is 0. The minimum Gasteiger partial charge on any atom is -0.473 e. The molecule has 0 amide bonds. The number of ether oxygens (including phenoxy) is 1. The fourth-order valence-corrected chi connectivity index (χ4v) is 2.21. The van der Waals surface area contributed by atoms with Gasteiger partial charge in [0.05, 0.1) is 5.69 Å². The van der Waals surface area contributed by atoms with Crippen molar-refractivity contribution < 1.29 is 4.74 Å². The Labute approximate surface area is 127 Å². The third-order valence-electron chi connectivity index (χ3n) is 3.22. The minimum atomic E-state index is 0.566. The van der Waals surface area contributed by atoms with Gasteiger partial charge in [-0.25, -0.2) is 4.68 Å². The van der Waals surface area contributed by atoms with E-state index in [0.29, 0.717) is 12.5 Å². The monoisotopic (exact) mass is 287 g/mol. The molecule has 0 bridgehead atoms. The van der Waals surface area contributed by atoms with Gasteiger partial charge in [-0.2, -0.15) is 5.10 Å². The second-order valence-corrected chi connectivity index (χ2v) is 5.88. The van der Waals surface area contributed by atoms with Crippen molar-refractivity contribution in [2.24, 2.45) is 13.0 Å². The molecule has 0 spiro atoms. The summed E-state index contributed by atoms with van der Waals surface area (Å²) in [5.41, 5.74) is 3.44. The summed E-state index contributed by atoms with van der Waals surface area (Å²) < 4.78 is 7.59. The van der Waals surface area contributed by atoms with Crippen molar-refractivity contribution in [3.63, 3.8) is 0 Å². The average molecular weight is 287 g/mol. The van der Waals surface area contributed by atoms with Crippen LogP contribution in [0.4, 0.5) is 0 Å². The van der Waals surface area contributed by atoms with E-state index in [9.17, 15) is 0 Å². The van der Waals surface area contributed by atoms with E-state index in [1.165, 1.54) is 11.1 Å². The molecule has 2 aromatic rings. The summed E-state index contributed by atoms with van der Waals surface area (Å²) in [6.07, 6.45) is 0. The number of hydrogen-bond acceptors (Lipinski definition) is 3. The molecule has 4 heteroatoms. The second kappa shape index (κ2) is 7.27. The lowest BCUT2D eigenvalue weighted by molar-refractivity contribution is 0.278.